The number of amides is 2. The summed E-state index contributed by atoms with van der Waals surface area (Å²) in [6, 6.07) is 0. The minimum atomic E-state index is -0.333. The number of primary amides is 2. The number of allylic oxidation sites excluding steroid dienone is 4. The number of nitrogens with two attached hydrogens (primary N) is 2. The van der Waals surface area contributed by atoms with Crippen LogP contribution in [-0.2, 0) is 9.59 Å². The molecule has 0 aromatic rings. The minimum Gasteiger partial charge on any atom is -0.370 e. The molecule has 0 saturated heterocycles. The van der Waals surface area contributed by atoms with E-state index in [0.717, 1.165) is 0 Å². The third-order valence-electron chi connectivity index (χ3n) is 0.883. The molecule has 0 aliphatic heterocycles. The highest BCUT2D eigenvalue weighted by atomic mass is 16.1. The van der Waals surface area contributed by atoms with Gasteiger partial charge in [0.2, 0.25) is 11.8 Å². The maximum absolute atomic E-state index is 9.22. The fourth-order valence-corrected chi connectivity index (χ4v) is 0.542. The molecule has 0 aromatic heterocycles. The molecule has 0 unspecified atom stereocenters. The van der Waals surface area contributed by atoms with Crippen molar-refractivity contribution in [1.82, 2.24) is 0 Å². The van der Waals surface area contributed by atoms with Crippen molar-refractivity contribution in [3.8, 4) is 0 Å². The van der Waals surface area contributed by atoms with Crippen molar-refractivity contribution < 1.29 is 9.59 Å². The highest BCUT2D eigenvalue weighted by Gasteiger charge is 1.77. The first kappa shape index (κ1) is 19.9. The van der Waals surface area contributed by atoms with Crippen LogP contribution in [0.2, 0.25) is 0 Å². The first-order chi connectivity index (χ1) is 7.46. The standard InChI is InChI=1S/C6H8.2C2H5NO.C2H6/c1-2-4-6-5-3-1;2*1-2(3)4;1-2/h1-4H,5-6H2;2*1H3,(H2,3,4);1-2H3. The lowest BCUT2D eigenvalue weighted by Crippen LogP contribution is -2.01. The van der Waals surface area contributed by atoms with Crippen LogP contribution in [0.25, 0.3) is 0 Å². The summed E-state index contributed by atoms with van der Waals surface area (Å²) in [4.78, 5) is 18.4. The van der Waals surface area contributed by atoms with Gasteiger partial charge in [0.05, 0.1) is 0 Å². The van der Waals surface area contributed by atoms with E-state index in [1.54, 1.807) is 0 Å². The van der Waals surface area contributed by atoms with Gasteiger partial charge < -0.3 is 11.5 Å². The number of rotatable bonds is 0. The largest absolute Gasteiger partial charge is 0.370 e. The molecule has 0 saturated carbocycles. The van der Waals surface area contributed by atoms with Gasteiger partial charge >= 0.3 is 0 Å². The van der Waals surface area contributed by atoms with Crippen molar-refractivity contribution in [1.29, 1.82) is 0 Å². The Morgan fingerprint density at radius 1 is 0.875 bits per heavy atom. The van der Waals surface area contributed by atoms with Crippen molar-refractivity contribution >= 4 is 11.8 Å². The zero-order chi connectivity index (χ0) is 13.4. The van der Waals surface area contributed by atoms with E-state index in [4.69, 9.17) is 0 Å². The van der Waals surface area contributed by atoms with Gasteiger partial charge in [0.15, 0.2) is 0 Å². The lowest BCUT2D eigenvalue weighted by molar-refractivity contribution is -0.116. The minimum absolute atomic E-state index is 0.333. The Morgan fingerprint density at radius 2 is 1.06 bits per heavy atom. The average Bonchev–Trinajstić information content (AvgIpc) is 2.22. The highest BCUT2D eigenvalue weighted by Crippen LogP contribution is 1.98. The zero-order valence-electron chi connectivity index (χ0n) is 10.7. The quantitative estimate of drug-likeness (QED) is 0.663. The average molecular weight is 228 g/mol. The van der Waals surface area contributed by atoms with Gasteiger partial charge in [-0.15, -0.1) is 0 Å². The van der Waals surface area contributed by atoms with Crippen LogP contribution in [-0.4, -0.2) is 11.8 Å². The third kappa shape index (κ3) is 82.9. The Labute approximate surface area is 98.4 Å². The molecule has 1 aliphatic carbocycles. The van der Waals surface area contributed by atoms with E-state index in [1.807, 2.05) is 13.8 Å². The van der Waals surface area contributed by atoms with Crippen LogP contribution in [0, 0.1) is 0 Å². The molecular formula is C12H24N2O2. The van der Waals surface area contributed by atoms with Gasteiger partial charge in [-0.3, -0.25) is 9.59 Å². The van der Waals surface area contributed by atoms with Crippen molar-refractivity contribution in [2.45, 2.75) is 40.5 Å². The predicted octanol–water partition coefficient (Wildman–Crippen LogP) is 1.90. The molecule has 4 N–H and O–H groups in total. The SMILES string of the molecule is C1=CCCC=C1.CC.CC(N)=O.CC(N)=O. The van der Waals surface area contributed by atoms with Gasteiger partial charge in [-0.2, -0.15) is 0 Å². The van der Waals surface area contributed by atoms with E-state index in [2.05, 4.69) is 35.8 Å². The molecule has 16 heavy (non-hydrogen) atoms. The van der Waals surface area contributed by atoms with E-state index < -0.39 is 0 Å². The first-order valence-corrected chi connectivity index (χ1v) is 5.30. The van der Waals surface area contributed by atoms with Crippen LogP contribution < -0.4 is 11.5 Å². The maximum atomic E-state index is 9.22. The fraction of sp³-hybridized carbons (Fsp3) is 0.500. The van der Waals surface area contributed by atoms with Crippen molar-refractivity contribution in [3.63, 3.8) is 0 Å². The lowest BCUT2D eigenvalue weighted by Gasteiger charge is -1.88. The molecule has 0 bridgehead atoms. The van der Waals surface area contributed by atoms with Gasteiger partial charge in [-0.1, -0.05) is 38.2 Å². The predicted molar refractivity (Wildman–Crippen MR) is 68.6 cm³/mol. The topological polar surface area (TPSA) is 86.2 Å². The van der Waals surface area contributed by atoms with Gasteiger partial charge in [0.1, 0.15) is 0 Å². The van der Waals surface area contributed by atoms with Crippen molar-refractivity contribution in [2.75, 3.05) is 0 Å². The summed E-state index contributed by atoms with van der Waals surface area (Å²) in [5.74, 6) is -0.667. The molecule has 1 aliphatic rings. The molecule has 0 heterocycles. The van der Waals surface area contributed by atoms with Crippen LogP contribution in [0.3, 0.4) is 0 Å². The summed E-state index contributed by atoms with van der Waals surface area (Å²) < 4.78 is 0. The normalized spacial score (nSPS) is 10.5. The second kappa shape index (κ2) is 19.1. The smallest absolute Gasteiger partial charge is 0.214 e. The molecule has 2 amide bonds. The summed E-state index contributed by atoms with van der Waals surface area (Å²) in [7, 11) is 0. The van der Waals surface area contributed by atoms with Gasteiger partial charge in [0.25, 0.3) is 0 Å². The van der Waals surface area contributed by atoms with Crippen LogP contribution in [0.4, 0.5) is 0 Å². The summed E-state index contributed by atoms with van der Waals surface area (Å²) in [5, 5.41) is 0. The molecule has 0 spiro atoms. The van der Waals surface area contributed by atoms with Gasteiger partial charge in [0, 0.05) is 13.8 Å². The molecule has 0 aromatic carbocycles. The van der Waals surface area contributed by atoms with Crippen molar-refractivity contribution in [2.24, 2.45) is 11.5 Å². The van der Waals surface area contributed by atoms with Crippen LogP contribution in [0.1, 0.15) is 40.5 Å². The number of carbonyl (C=O) groups excluding carboxylic acids is 2. The molecular weight excluding hydrogens is 204 g/mol. The summed E-state index contributed by atoms with van der Waals surface area (Å²) in [5.41, 5.74) is 8.94. The van der Waals surface area contributed by atoms with Gasteiger partial charge in [-0.25, -0.2) is 0 Å². The molecule has 94 valence electrons. The molecule has 4 heteroatoms. The Bertz CT molecular complexity index is 189. The van der Waals surface area contributed by atoms with E-state index in [9.17, 15) is 9.59 Å². The Morgan fingerprint density at radius 3 is 1.12 bits per heavy atom. The summed E-state index contributed by atoms with van der Waals surface area (Å²) >= 11 is 0. The lowest BCUT2D eigenvalue weighted by atomic mass is 10.2. The monoisotopic (exact) mass is 228 g/mol. The number of hydrogen-bond acceptors (Lipinski definition) is 2. The fourth-order valence-electron chi connectivity index (χ4n) is 0.542. The summed E-state index contributed by atoms with van der Waals surface area (Å²) in [6.07, 6.45) is 11.0. The number of hydrogen-bond donors (Lipinski definition) is 2. The van der Waals surface area contributed by atoms with E-state index >= 15 is 0 Å². The Kier molecular flexibility index (Phi) is 23.7. The molecule has 0 radical (unpaired) electrons. The summed E-state index contributed by atoms with van der Waals surface area (Å²) in [6.45, 7) is 6.61. The second-order valence-corrected chi connectivity index (χ2v) is 2.65. The molecule has 4 nitrogen and oxygen atoms in total. The zero-order valence-corrected chi connectivity index (χ0v) is 10.7. The molecule has 0 atom stereocenters. The van der Waals surface area contributed by atoms with Crippen LogP contribution in [0.5, 0.6) is 0 Å². The van der Waals surface area contributed by atoms with Crippen molar-refractivity contribution in [3.05, 3.63) is 24.3 Å². The molecule has 0 fully saturated rings. The molecule has 1 rings (SSSR count). The maximum Gasteiger partial charge on any atom is 0.214 e. The van der Waals surface area contributed by atoms with Crippen LogP contribution in [0.15, 0.2) is 24.3 Å². The van der Waals surface area contributed by atoms with E-state index in [-0.39, 0.29) is 11.8 Å². The third-order valence-corrected chi connectivity index (χ3v) is 0.883. The first-order valence-electron chi connectivity index (χ1n) is 5.30. The van der Waals surface area contributed by atoms with Crippen LogP contribution >= 0.6 is 0 Å². The van der Waals surface area contributed by atoms with Gasteiger partial charge in [-0.05, 0) is 12.8 Å². The van der Waals surface area contributed by atoms with E-state index in [1.165, 1.54) is 26.7 Å². The Balaban J connectivity index is -0.000000152. The van der Waals surface area contributed by atoms with E-state index in [0.29, 0.717) is 0 Å². The second-order valence-electron chi connectivity index (χ2n) is 2.65. The Hall–Kier alpha value is -1.58. The number of carbonyl (C=O) groups is 2. The highest BCUT2D eigenvalue weighted by molar-refractivity contribution is 5.70.